The lowest BCUT2D eigenvalue weighted by molar-refractivity contribution is -0.123. The first-order valence-electron chi connectivity index (χ1n) is 6.74. The molecule has 1 aliphatic carbocycles. The summed E-state index contributed by atoms with van der Waals surface area (Å²) in [5.74, 6) is 1.74. The second-order valence-corrected chi connectivity index (χ2v) is 6.05. The van der Waals surface area contributed by atoms with E-state index in [2.05, 4.69) is 6.92 Å². The van der Waals surface area contributed by atoms with Crippen LogP contribution in [0, 0.1) is 12.3 Å². The smallest absolute Gasteiger partial charge is 0.162 e. The highest BCUT2D eigenvalue weighted by Gasteiger charge is 2.50. The summed E-state index contributed by atoms with van der Waals surface area (Å²) < 4.78 is 11.0. The van der Waals surface area contributed by atoms with E-state index in [9.17, 15) is 4.79 Å². The van der Waals surface area contributed by atoms with Gasteiger partial charge in [-0.05, 0) is 30.7 Å². The van der Waals surface area contributed by atoms with Crippen molar-refractivity contribution in [2.45, 2.75) is 33.1 Å². The molecule has 1 atom stereocenters. The molecular formula is C17H22O3. The van der Waals surface area contributed by atoms with Crippen LogP contribution in [0.3, 0.4) is 0 Å². The van der Waals surface area contributed by atoms with E-state index < -0.39 is 10.8 Å². The third kappa shape index (κ3) is 1.84. The van der Waals surface area contributed by atoms with Crippen molar-refractivity contribution >= 4 is 5.78 Å². The Kier molecular flexibility index (Phi) is 3.41. The number of benzene rings is 1. The van der Waals surface area contributed by atoms with Crippen LogP contribution in [0.4, 0.5) is 0 Å². The van der Waals surface area contributed by atoms with Gasteiger partial charge in [0.05, 0.1) is 14.2 Å². The van der Waals surface area contributed by atoms with E-state index in [1.807, 2.05) is 39.0 Å². The summed E-state index contributed by atoms with van der Waals surface area (Å²) >= 11 is 0. The molecule has 1 unspecified atom stereocenters. The molecular weight excluding hydrogens is 252 g/mol. The molecule has 0 saturated carbocycles. The average molecular weight is 274 g/mol. The zero-order valence-electron chi connectivity index (χ0n) is 13.0. The molecule has 0 heterocycles. The van der Waals surface area contributed by atoms with Gasteiger partial charge in [0.25, 0.3) is 0 Å². The molecule has 0 bridgehead atoms. The Morgan fingerprint density at radius 2 is 1.60 bits per heavy atom. The maximum atomic E-state index is 12.1. The van der Waals surface area contributed by atoms with E-state index in [4.69, 9.17) is 9.47 Å². The summed E-state index contributed by atoms with van der Waals surface area (Å²) in [4.78, 5) is 12.1. The Bertz CT molecular complexity index is 584. The van der Waals surface area contributed by atoms with E-state index in [1.54, 1.807) is 20.3 Å². The summed E-state index contributed by atoms with van der Waals surface area (Å²) in [7, 11) is 3.31. The largest absolute Gasteiger partial charge is 0.496 e. The Hall–Kier alpha value is -1.77. The van der Waals surface area contributed by atoms with E-state index in [-0.39, 0.29) is 5.78 Å². The molecule has 108 valence electrons. The molecule has 2 rings (SSSR count). The van der Waals surface area contributed by atoms with Crippen LogP contribution in [0.25, 0.3) is 0 Å². The minimum Gasteiger partial charge on any atom is -0.496 e. The van der Waals surface area contributed by atoms with Crippen LogP contribution in [-0.2, 0) is 10.2 Å². The van der Waals surface area contributed by atoms with E-state index in [0.717, 1.165) is 22.6 Å². The molecule has 0 radical (unpaired) electrons. The van der Waals surface area contributed by atoms with Crippen molar-refractivity contribution in [1.82, 2.24) is 0 Å². The van der Waals surface area contributed by atoms with Gasteiger partial charge in [-0.25, -0.2) is 0 Å². The zero-order chi connectivity index (χ0) is 15.1. The minimum absolute atomic E-state index is 0.140. The topological polar surface area (TPSA) is 35.5 Å². The van der Waals surface area contributed by atoms with Crippen molar-refractivity contribution in [3.05, 3.63) is 35.4 Å². The van der Waals surface area contributed by atoms with Gasteiger partial charge in [-0.15, -0.1) is 0 Å². The van der Waals surface area contributed by atoms with Crippen LogP contribution < -0.4 is 9.47 Å². The molecule has 0 amide bonds. The zero-order valence-corrected chi connectivity index (χ0v) is 13.0. The third-order valence-electron chi connectivity index (χ3n) is 4.76. The van der Waals surface area contributed by atoms with Crippen LogP contribution >= 0.6 is 0 Å². The molecule has 0 spiro atoms. The molecule has 0 aromatic heterocycles. The molecule has 3 nitrogen and oxygen atoms in total. The maximum absolute atomic E-state index is 12.1. The van der Waals surface area contributed by atoms with E-state index >= 15 is 0 Å². The van der Waals surface area contributed by atoms with Crippen molar-refractivity contribution < 1.29 is 14.3 Å². The molecule has 1 aromatic carbocycles. The lowest BCUT2D eigenvalue weighted by atomic mass is 9.64. The molecule has 0 N–H and O–H groups in total. The first kappa shape index (κ1) is 14.6. The number of allylic oxidation sites excluding steroid dienone is 2. The van der Waals surface area contributed by atoms with Crippen LogP contribution in [-0.4, -0.2) is 20.0 Å². The summed E-state index contributed by atoms with van der Waals surface area (Å²) in [5.41, 5.74) is 1.09. The number of ether oxygens (including phenoxy) is 2. The number of aryl methyl sites for hydroxylation is 1. The Morgan fingerprint density at radius 3 is 2.05 bits per heavy atom. The molecule has 1 aromatic rings. The van der Waals surface area contributed by atoms with Gasteiger partial charge in [-0.3, -0.25) is 4.79 Å². The number of hydrogen-bond donors (Lipinski definition) is 0. The fourth-order valence-electron chi connectivity index (χ4n) is 2.80. The summed E-state index contributed by atoms with van der Waals surface area (Å²) in [6.07, 6.45) is 3.65. The normalized spacial score (nSPS) is 24.0. The predicted molar refractivity (Wildman–Crippen MR) is 79.6 cm³/mol. The summed E-state index contributed by atoms with van der Waals surface area (Å²) in [5, 5.41) is 0. The highest BCUT2D eigenvalue weighted by molar-refractivity contribution is 5.99. The fourth-order valence-corrected chi connectivity index (χ4v) is 2.80. The fraction of sp³-hybridized carbons (Fsp3) is 0.471. The Morgan fingerprint density at radius 1 is 1.00 bits per heavy atom. The van der Waals surface area contributed by atoms with Gasteiger partial charge in [0, 0.05) is 16.4 Å². The maximum Gasteiger partial charge on any atom is 0.162 e. The van der Waals surface area contributed by atoms with Gasteiger partial charge in [0.15, 0.2) is 5.78 Å². The van der Waals surface area contributed by atoms with Gasteiger partial charge in [0.2, 0.25) is 0 Å². The first-order chi connectivity index (χ1) is 9.27. The summed E-state index contributed by atoms with van der Waals surface area (Å²) in [6.45, 7) is 8.00. The molecule has 1 aliphatic rings. The molecule has 0 saturated heterocycles. The average Bonchev–Trinajstić information content (AvgIpc) is 2.62. The molecule has 0 fully saturated rings. The standard InChI is InChI=1S/C17H22O3/c1-11-9-14(20-6)12(10-13(11)19-5)17(4)8-7-15(18)16(17,2)3/h7-10H,1-6H3. The van der Waals surface area contributed by atoms with Crippen LogP contribution in [0.5, 0.6) is 11.5 Å². The van der Waals surface area contributed by atoms with Crippen molar-refractivity contribution in [1.29, 1.82) is 0 Å². The van der Waals surface area contributed by atoms with Crippen LogP contribution in [0.2, 0.25) is 0 Å². The highest BCUT2D eigenvalue weighted by atomic mass is 16.5. The second-order valence-electron chi connectivity index (χ2n) is 6.05. The number of carbonyl (C=O) groups is 1. The van der Waals surface area contributed by atoms with Crippen molar-refractivity contribution in [3.8, 4) is 11.5 Å². The van der Waals surface area contributed by atoms with Crippen LogP contribution in [0.1, 0.15) is 31.9 Å². The third-order valence-corrected chi connectivity index (χ3v) is 4.76. The number of methoxy groups -OCH3 is 2. The van der Waals surface area contributed by atoms with Crippen LogP contribution in [0.15, 0.2) is 24.3 Å². The van der Waals surface area contributed by atoms with Gasteiger partial charge in [-0.2, -0.15) is 0 Å². The van der Waals surface area contributed by atoms with E-state index in [1.165, 1.54) is 0 Å². The van der Waals surface area contributed by atoms with Crippen molar-refractivity contribution in [2.75, 3.05) is 14.2 Å². The van der Waals surface area contributed by atoms with Gasteiger partial charge in [-0.1, -0.05) is 26.8 Å². The number of carbonyl (C=O) groups excluding carboxylic acids is 1. The van der Waals surface area contributed by atoms with Gasteiger partial charge >= 0.3 is 0 Å². The monoisotopic (exact) mass is 274 g/mol. The number of rotatable bonds is 3. The Balaban J connectivity index is 2.69. The van der Waals surface area contributed by atoms with Crippen molar-refractivity contribution in [2.24, 2.45) is 5.41 Å². The molecule has 3 heteroatoms. The lowest BCUT2D eigenvalue weighted by Gasteiger charge is -2.38. The lowest BCUT2D eigenvalue weighted by Crippen LogP contribution is -2.39. The quantitative estimate of drug-likeness (QED) is 0.847. The first-order valence-corrected chi connectivity index (χ1v) is 6.74. The molecule has 20 heavy (non-hydrogen) atoms. The number of ketones is 1. The van der Waals surface area contributed by atoms with Gasteiger partial charge in [0.1, 0.15) is 11.5 Å². The minimum atomic E-state index is -0.499. The van der Waals surface area contributed by atoms with E-state index in [0.29, 0.717) is 0 Å². The van der Waals surface area contributed by atoms with Gasteiger partial charge < -0.3 is 9.47 Å². The molecule has 0 aliphatic heterocycles. The predicted octanol–water partition coefficient (Wildman–Crippen LogP) is 3.44. The SMILES string of the molecule is COc1cc(C2(C)C=CC(=O)C2(C)C)c(OC)cc1C. The Labute approximate surface area is 120 Å². The van der Waals surface area contributed by atoms with Crippen molar-refractivity contribution in [3.63, 3.8) is 0 Å². The second kappa shape index (κ2) is 4.65. The summed E-state index contributed by atoms with van der Waals surface area (Å²) in [6, 6.07) is 3.95. The number of hydrogen-bond acceptors (Lipinski definition) is 3. The highest BCUT2D eigenvalue weighted by Crippen LogP contribution is 2.51.